The Morgan fingerprint density at radius 1 is 1.89 bits per heavy atom. The third-order valence-electron chi connectivity index (χ3n) is 0.966. The number of nitrogens with two attached hydrogens (primary N) is 1. The molecule has 2 N–H and O–H groups in total. The van der Waals surface area contributed by atoms with E-state index in [4.69, 9.17) is 5.73 Å². The van der Waals surface area contributed by atoms with Gasteiger partial charge in [0.2, 0.25) is 0 Å². The van der Waals surface area contributed by atoms with Crippen LogP contribution >= 0.6 is 27.5 Å². The Morgan fingerprint density at radius 3 is 2.78 bits per heavy atom. The van der Waals surface area contributed by atoms with Gasteiger partial charge in [-0.3, -0.25) is 0 Å². The molecule has 0 radical (unpaired) electrons. The van der Waals surface area contributed by atoms with Gasteiger partial charge in [-0.2, -0.15) is 4.37 Å². The zero-order valence-corrected chi connectivity index (χ0v) is 7.37. The van der Waals surface area contributed by atoms with E-state index >= 15 is 0 Å². The van der Waals surface area contributed by atoms with Crippen LogP contribution in [0.25, 0.3) is 0 Å². The van der Waals surface area contributed by atoms with Crippen LogP contribution in [0.3, 0.4) is 0 Å². The summed E-state index contributed by atoms with van der Waals surface area (Å²) in [7, 11) is 0. The molecule has 2 nitrogen and oxygen atoms in total. The van der Waals surface area contributed by atoms with Gasteiger partial charge >= 0.3 is 0 Å². The lowest BCUT2D eigenvalue weighted by atomic mass is 10.3. The highest BCUT2D eigenvalue weighted by molar-refractivity contribution is 9.10. The van der Waals surface area contributed by atoms with E-state index in [1.54, 1.807) is 6.20 Å². The van der Waals surface area contributed by atoms with E-state index in [0.717, 1.165) is 9.35 Å². The Labute approximate surface area is 66.4 Å². The number of rotatable bonds is 1. The predicted octanol–water partition coefficient (Wildman–Crippen LogP) is 1.93. The molecule has 0 aromatic carbocycles. The van der Waals surface area contributed by atoms with Crippen molar-refractivity contribution in [3.8, 4) is 0 Å². The van der Waals surface area contributed by atoms with Crippen molar-refractivity contribution >= 4 is 27.5 Å². The fourth-order valence-electron chi connectivity index (χ4n) is 0.537. The van der Waals surface area contributed by atoms with Gasteiger partial charge in [0.1, 0.15) is 0 Å². The maximum absolute atomic E-state index is 5.60. The molecule has 1 unspecified atom stereocenters. The van der Waals surface area contributed by atoms with Crippen LogP contribution in [0.15, 0.2) is 10.7 Å². The second-order valence-electron chi connectivity index (χ2n) is 1.83. The first-order valence-corrected chi connectivity index (χ1v) is 4.14. The standard InChI is InChI=1S/C5H7BrN2S/c1-3(7)5-4(6)2-8-9-5/h2-3H,7H2,1H3. The first-order chi connectivity index (χ1) is 4.22. The molecular formula is C5H7BrN2S. The smallest absolute Gasteiger partial charge is 0.0559 e. The highest BCUT2D eigenvalue weighted by atomic mass is 79.9. The van der Waals surface area contributed by atoms with Crippen LogP contribution in [0.2, 0.25) is 0 Å². The van der Waals surface area contributed by atoms with E-state index in [9.17, 15) is 0 Å². The van der Waals surface area contributed by atoms with E-state index in [2.05, 4.69) is 20.3 Å². The topological polar surface area (TPSA) is 38.9 Å². The van der Waals surface area contributed by atoms with Gasteiger partial charge < -0.3 is 5.73 Å². The summed E-state index contributed by atoms with van der Waals surface area (Å²) in [6, 6.07) is 0.0897. The van der Waals surface area contributed by atoms with Gasteiger partial charge in [-0.05, 0) is 34.4 Å². The number of hydrogen-bond donors (Lipinski definition) is 1. The largest absolute Gasteiger partial charge is 0.323 e. The highest BCUT2D eigenvalue weighted by Crippen LogP contribution is 2.24. The van der Waals surface area contributed by atoms with E-state index in [1.807, 2.05) is 6.92 Å². The van der Waals surface area contributed by atoms with Crippen LogP contribution in [0.1, 0.15) is 17.8 Å². The van der Waals surface area contributed by atoms with Gasteiger partial charge in [0.25, 0.3) is 0 Å². The van der Waals surface area contributed by atoms with Gasteiger partial charge in [0.15, 0.2) is 0 Å². The summed E-state index contributed by atoms with van der Waals surface area (Å²) in [6.07, 6.45) is 1.77. The van der Waals surface area contributed by atoms with Gasteiger partial charge in [-0.1, -0.05) is 0 Å². The number of aromatic nitrogens is 1. The number of halogens is 1. The van der Waals surface area contributed by atoms with Crippen LogP contribution in [0.4, 0.5) is 0 Å². The first-order valence-electron chi connectivity index (χ1n) is 2.57. The van der Waals surface area contributed by atoms with E-state index in [-0.39, 0.29) is 6.04 Å². The van der Waals surface area contributed by atoms with Crippen molar-refractivity contribution in [2.75, 3.05) is 0 Å². The Morgan fingerprint density at radius 2 is 2.56 bits per heavy atom. The number of hydrogen-bond acceptors (Lipinski definition) is 3. The van der Waals surface area contributed by atoms with E-state index < -0.39 is 0 Å². The normalized spacial score (nSPS) is 13.7. The summed E-state index contributed by atoms with van der Waals surface area (Å²) < 4.78 is 4.97. The molecule has 9 heavy (non-hydrogen) atoms. The lowest BCUT2D eigenvalue weighted by molar-refractivity contribution is 0.834. The molecule has 50 valence electrons. The third-order valence-corrected chi connectivity index (χ3v) is 2.86. The molecule has 1 heterocycles. The van der Waals surface area contributed by atoms with Crippen LogP contribution in [-0.4, -0.2) is 4.37 Å². The average Bonchev–Trinajstić information content (AvgIpc) is 2.13. The zero-order valence-electron chi connectivity index (χ0n) is 4.97. The fraction of sp³-hybridized carbons (Fsp3) is 0.400. The summed E-state index contributed by atoms with van der Waals surface area (Å²) in [5, 5.41) is 0. The molecular weight excluding hydrogens is 200 g/mol. The molecule has 0 saturated carbocycles. The number of nitrogens with zero attached hydrogens (tertiary/aromatic N) is 1. The summed E-state index contributed by atoms with van der Waals surface area (Å²) in [5.74, 6) is 0. The van der Waals surface area contributed by atoms with Gasteiger partial charge in [-0.25, -0.2) is 0 Å². The molecule has 0 amide bonds. The Kier molecular flexibility index (Phi) is 2.21. The first kappa shape index (κ1) is 7.18. The van der Waals surface area contributed by atoms with E-state index in [1.165, 1.54) is 11.5 Å². The maximum atomic E-state index is 5.60. The minimum Gasteiger partial charge on any atom is -0.323 e. The molecule has 0 fully saturated rings. The molecule has 1 aromatic rings. The van der Waals surface area contributed by atoms with Crippen molar-refractivity contribution < 1.29 is 0 Å². The highest BCUT2D eigenvalue weighted by Gasteiger charge is 2.05. The van der Waals surface area contributed by atoms with Crippen molar-refractivity contribution in [1.82, 2.24) is 4.37 Å². The Hall–Kier alpha value is 0.0700. The summed E-state index contributed by atoms with van der Waals surface area (Å²) in [6.45, 7) is 1.94. The quantitative estimate of drug-likeness (QED) is 0.764. The van der Waals surface area contributed by atoms with Crippen molar-refractivity contribution in [3.63, 3.8) is 0 Å². The molecule has 1 aromatic heterocycles. The molecule has 0 saturated heterocycles. The molecule has 4 heteroatoms. The summed E-state index contributed by atoms with van der Waals surface area (Å²) in [4.78, 5) is 1.11. The second-order valence-corrected chi connectivity index (χ2v) is 3.51. The lowest BCUT2D eigenvalue weighted by Gasteiger charge is -1.98. The lowest BCUT2D eigenvalue weighted by Crippen LogP contribution is -2.02. The summed E-state index contributed by atoms with van der Waals surface area (Å²) in [5.41, 5.74) is 5.60. The Bertz CT molecular complexity index is 197. The van der Waals surface area contributed by atoms with Crippen LogP contribution in [0.5, 0.6) is 0 Å². The minimum absolute atomic E-state index is 0.0897. The van der Waals surface area contributed by atoms with Crippen LogP contribution in [-0.2, 0) is 0 Å². The zero-order chi connectivity index (χ0) is 6.85. The van der Waals surface area contributed by atoms with Gasteiger partial charge in [0, 0.05) is 6.04 Å². The molecule has 0 aliphatic rings. The fourth-order valence-corrected chi connectivity index (χ4v) is 1.93. The molecule has 0 spiro atoms. The SMILES string of the molecule is CC(N)c1sncc1Br. The van der Waals surface area contributed by atoms with Crippen molar-refractivity contribution in [2.45, 2.75) is 13.0 Å². The minimum atomic E-state index is 0.0897. The average molecular weight is 207 g/mol. The summed E-state index contributed by atoms with van der Waals surface area (Å²) >= 11 is 4.77. The second kappa shape index (κ2) is 2.77. The van der Waals surface area contributed by atoms with Crippen molar-refractivity contribution in [3.05, 3.63) is 15.5 Å². The molecule has 0 bridgehead atoms. The van der Waals surface area contributed by atoms with Gasteiger partial charge in [-0.15, -0.1) is 0 Å². The monoisotopic (exact) mass is 206 g/mol. The molecule has 0 aliphatic heterocycles. The Balaban J connectivity index is 2.94. The predicted molar refractivity (Wildman–Crippen MR) is 42.4 cm³/mol. The van der Waals surface area contributed by atoms with Crippen molar-refractivity contribution in [1.29, 1.82) is 0 Å². The molecule has 1 rings (SSSR count). The third kappa shape index (κ3) is 1.50. The van der Waals surface area contributed by atoms with Crippen LogP contribution in [0, 0.1) is 0 Å². The van der Waals surface area contributed by atoms with E-state index in [0.29, 0.717) is 0 Å². The van der Waals surface area contributed by atoms with Gasteiger partial charge in [0.05, 0.1) is 15.5 Å². The van der Waals surface area contributed by atoms with Crippen molar-refractivity contribution in [2.24, 2.45) is 5.73 Å². The molecule has 1 atom stereocenters. The van der Waals surface area contributed by atoms with Crippen LogP contribution < -0.4 is 5.73 Å². The molecule has 0 aliphatic carbocycles. The maximum Gasteiger partial charge on any atom is 0.0559 e.